The number of carbonyl (C=O) groups excluding carboxylic acids is 2. The van der Waals surface area contributed by atoms with Crippen molar-refractivity contribution >= 4 is 11.8 Å². The van der Waals surface area contributed by atoms with Crippen LogP contribution in [-0.4, -0.2) is 68.1 Å². The molecule has 2 amide bonds. The van der Waals surface area contributed by atoms with Crippen molar-refractivity contribution in [1.82, 2.24) is 15.1 Å². The fourth-order valence-electron chi connectivity index (χ4n) is 2.81. The number of carbonyl (C=O) groups is 2. The van der Waals surface area contributed by atoms with Gasteiger partial charge >= 0.3 is 0 Å². The molecule has 1 N–H and O–H groups in total. The number of hydrogen-bond donors (Lipinski definition) is 1. The van der Waals surface area contributed by atoms with Gasteiger partial charge in [-0.25, -0.2) is 0 Å². The van der Waals surface area contributed by atoms with Crippen LogP contribution in [0.2, 0.25) is 0 Å². The summed E-state index contributed by atoms with van der Waals surface area (Å²) in [5, 5.41) is 2.85. The second-order valence-electron chi connectivity index (χ2n) is 7.03. The highest BCUT2D eigenvalue weighted by Gasteiger charge is 2.22. The first-order valence-electron chi connectivity index (χ1n) is 9.03. The molecule has 1 aliphatic carbocycles. The number of benzene rings is 1. The van der Waals surface area contributed by atoms with Gasteiger partial charge in [0.15, 0.2) is 0 Å². The SMILES string of the molecule is CN1CCN(C(=O)c2ccc(CNC(=O)COCC3CC3)cc2)CC1. The standard InChI is InChI=1S/C19H27N3O3/c1-21-8-10-22(11-9-21)19(24)17-6-4-15(5-7-17)12-20-18(23)14-25-13-16-2-3-16/h4-7,16H,2-3,8-14H2,1H3,(H,20,23). The maximum atomic E-state index is 12.5. The molecule has 0 radical (unpaired) electrons. The van der Waals surface area contributed by atoms with Crippen molar-refractivity contribution in [2.45, 2.75) is 19.4 Å². The van der Waals surface area contributed by atoms with E-state index in [1.54, 1.807) is 0 Å². The van der Waals surface area contributed by atoms with Crippen LogP contribution in [0.1, 0.15) is 28.8 Å². The molecule has 1 heterocycles. The Bertz CT molecular complexity index is 590. The summed E-state index contributed by atoms with van der Waals surface area (Å²) >= 11 is 0. The number of piperazine rings is 1. The lowest BCUT2D eigenvalue weighted by molar-refractivity contribution is -0.126. The fraction of sp³-hybridized carbons (Fsp3) is 0.579. The monoisotopic (exact) mass is 345 g/mol. The second kappa shape index (κ2) is 8.45. The predicted octanol–water partition coefficient (Wildman–Crippen LogP) is 1.12. The van der Waals surface area contributed by atoms with Crippen LogP contribution in [-0.2, 0) is 16.1 Å². The summed E-state index contributed by atoms with van der Waals surface area (Å²) in [5.41, 5.74) is 1.68. The summed E-state index contributed by atoms with van der Waals surface area (Å²) in [6.45, 7) is 4.64. The number of likely N-dealkylation sites (N-methyl/N-ethyl adjacent to an activating group) is 1. The molecule has 0 atom stereocenters. The smallest absolute Gasteiger partial charge is 0.253 e. The summed E-state index contributed by atoms with van der Waals surface area (Å²) in [4.78, 5) is 28.3. The molecule has 0 spiro atoms. The number of rotatable bonds is 7. The van der Waals surface area contributed by atoms with E-state index in [4.69, 9.17) is 4.74 Å². The van der Waals surface area contributed by atoms with Crippen LogP contribution in [0.15, 0.2) is 24.3 Å². The van der Waals surface area contributed by atoms with Crippen LogP contribution >= 0.6 is 0 Å². The maximum absolute atomic E-state index is 12.5. The van der Waals surface area contributed by atoms with E-state index < -0.39 is 0 Å². The number of nitrogens with one attached hydrogen (secondary N) is 1. The molecule has 3 rings (SSSR count). The van der Waals surface area contributed by atoms with E-state index in [1.165, 1.54) is 12.8 Å². The molecular weight excluding hydrogens is 318 g/mol. The fourth-order valence-corrected chi connectivity index (χ4v) is 2.81. The highest BCUT2D eigenvalue weighted by molar-refractivity contribution is 5.94. The lowest BCUT2D eigenvalue weighted by Crippen LogP contribution is -2.47. The van der Waals surface area contributed by atoms with Crippen LogP contribution < -0.4 is 5.32 Å². The van der Waals surface area contributed by atoms with Crippen molar-refractivity contribution in [1.29, 1.82) is 0 Å². The number of ether oxygens (including phenoxy) is 1. The Labute approximate surface area is 149 Å². The van der Waals surface area contributed by atoms with E-state index in [1.807, 2.05) is 29.2 Å². The van der Waals surface area contributed by atoms with Crippen LogP contribution in [0.25, 0.3) is 0 Å². The van der Waals surface area contributed by atoms with E-state index in [0.717, 1.165) is 31.7 Å². The molecule has 0 unspecified atom stereocenters. The highest BCUT2D eigenvalue weighted by Crippen LogP contribution is 2.28. The van der Waals surface area contributed by atoms with Crippen molar-refractivity contribution in [3.05, 3.63) is 35.4 Å². The number of amides is 2. The van der Waals surface area contributed by atoms with Crippen molar-refractivity contribution in [3.63, 3.8) is 0 Å². The second-order valence-corrected chi connectivity index (χ2v) is 7.03. The van der Waals surface area contributed by atoms with Gasteiger partial charge in [0.1, 0.15) is 6.61 Å². The summed E-state index contributed by atoms with van der Waals surface area (Å²) in [6, 6.07) is 7.47. The van der Waals surface area contributed by atoms with Gasteiger partial charge in [0.25, 0.3) is 5.91 Å². The van der Waals surface area contributed by atoms with E-state index in [0.29, 0.717) is 24.6 Å². The molecule has 1 saturated heterocycles. The van der Waals surface area contributed by atoms with Crippen LogP contribution in [0, 0.1) is 5.92 Å². The van der Waals surface area contributed by atoms with Gasteiger partial charge in [-0.15, -0.1) is 0 Å². The van der Waals surface area contributed by atoms with E-state index in [2.05, 4.69) is 17.3 Å². The molecule has 6 heteroatoms. The maximum Gasteiger partial charge on any atom is 0.253 e. The van der Waals surface area contributed by atoms with Crippen molar-refractivity contribution in [3.8, 4) is 0 Å². The lowest BCUT2D eigenvalue weighted by atomic mass is 10.1. The minimum absolute atomic E-state index is 0.0807. The lowest BCUT2D eigenvalue weighted by Gasteiger charge is -2.32. The first kappa shape index (κ1) is 17.9. The molecule has 25 heavy (non-hydrogen) atoms. The molecule has 0 aromatic heterocycles. The van der Waals surface area contributed by atoms with Gasteiger partial charge < -0.3 is 19.9 Å². The van der Waals surface area contributed by atoms with Crippen molar-refractivity contribution in [2.24, 2.45) is 5.92 Å². The zero-order valence-electron chi connectivity index (χ0n) is 14.9. The molecule has 2 fully saturated rings. The Hall–Kier alpha value is -1.92. The molecular formula is C19H27N3O3. The molecule has 1 aromatic rings. The first-order chi connectivity index (χ1) is 12.1. The van der Waals surface area contributed by atoms with Gasteiger partial charge in [0, 0.05) is 38.3 Å². The molecule has 0 bridgehead atoms. The van der Waals surface area contributed by atoms with Gasteiger partial charge in [-0.1, -0.05) is 12.1 Å². The van der Waals surface area contributed by atoms with Crippen LogP contribution in [0.3, 0.4) is 0 Å². The minimum atomic E-state index is -0.0989. The third kappa shape index (κ3) is 5.54. The van der Waals surface area contributed by atoms with Crippen molar-refractivity contribution in [2.75, 3.05) is 46.4 Å². The third-order valence-corrected chi connectivity index (χ3v) is 4.76. The van der Waals surface area contributed by atoms with Crippen LogP contribution in [0.5, 0.6) is 0 Å². The van der Waals surface area contributed by atoms with Crippen molar-refractivity contribution < 1.29 is 14.3 Å². The molecule has 1 saturated carbocycles. The number of nitrogens with zero attached hydrogens (tertiary/aromatic N) is 2. The van der Waals surface area contributed by atoms with Gasteiger partial charge in [0.2, 0.25) is 5.91 Å². The molecule has 136 valence electrons. The Morgan fingerprint density at radius 2 is 1.80 bits per heavy atom. The van der Waals surface area contributed by atoms with Gasteiger partial charge in [-0.2, -0.15) is 0 Å². The Morgan fingerprint density at radius 1 is 1.12 bits per heavy atom. The molecule has 6 nitrogen and oxygen atoms in total. The largest absolute Gasteiger partial charge is 0.371 e. The van der Waals surface area contributed by atoms with Gasteiger partial charge in [-0.05, 0) is 43.5 Å². The summed E-state index contributed by atoms with van der Waals surface area (Å²) in [5.74, 6) is 0.647. The van der Waals surface area contributed by atoms with E-state index in [-0.39, 0.29) is 18.4 Å². The molecule has 1 aliphatic heterocycles. The van der Waals surface area contributed by atoms with E-state index in [9.17, 15) is 9.59 Å². The Kier molecular flexibility index (Phi) is 6.04. The van der Waals surface area contributed by atoms with Gasteiger partial charge in [-0.3, -0.25) is 9.59 Å². The topological polar surface area (TPSA) is 61.9 Å². The summed E-state index contributed by atoms with van der Waals surface area (Å²) in [7, 11) is 2.07. The Balaban J connectivity index is 1.41. The van der Waals surface area contributed by atoms with Crippen LogP contribution in [0.4, 0.5) is 0 Å². The number of hydrogen-bond acceptors (Lipinski definition) is 4. The third-order valence-electron chi connectivity index (χ3n) is 4.76. The summed E-state index contributed by atoms with van der Waals surface area (Å²) < 4.78 is 5.37. The summed E-state index contributed by atoms with van der Waals surface area (Å²) in [6.07, 6.45) is 2.45. The predicted molar refractivity (Wildman–Crippen MR) is 95.2 cm³/mol. The molecule has 2 aliphatic rings. The highest BCUT2D eigenvalue weighted by atomic mass is 16.5. The quantitative estimate of drug-likeness (QED) is 0.804. The Morgan fingerprint density at radius 3 is 2.44 bits per heavy atom. The normalized spacial score (nSPS) is 18.2. The molecule has 1 aromatic carbocycles. The van der Waals surface area contributed by atoms with E-state index >= 15 is 0 Å². The first-order valence-corrected chi connectivity index (χ1v) is 9.03. The average molecular weight is 345 g/mol. The van der Waals surface area contributed by atoms with Gasteiger partial charge in [0.05, 0.1) is 6.61 Å². The zero-order chi connectivity index (χ0) is 17.6. The zero-order valence-corrected chi connectivity index (χ0v) is 14.9. The average Bonchev–Trinajstić information content (AvgIpc) is 3.45. The minimum Gasteiger partial charge on any atom is -0.371 e.